The van der Waals surface area contributed by atoms with Crippen LogP contribution in [0.4, 0.5) is 0 Å². The van der Waals surface area contributed by atoms with Crippen molar-refractivity contribution in [2.45, 2.75) is 0 Å². The van der Waals surface area contributed by atoms with E-state index < -0.39 is 5.97 Å². The Kier molecular flexibility index (Phi) is 6.03. The molecule has 0 aliphatic carbocycles. The number of carbonyl (C=O) groups excluding carboxylic acids is 2. The van der Waals surface area contributed by atoms with Gasteiger partial charge in [-0.05, 0) is 12.1 Å². The largest absolute Gasteiger partial charge is 0.481 e. The molecular weight excluding hydrogens is 376 g/mol. The quantitative estimate of drug-likeness (QED) is 0.445. The zero-order valence-corrected chi connectivity index (χ0v) is 16.0. The summed E-state index contributed by atoms with van der Waals surface area (Å²) in [4.78, 5) is 33.6. The molecule has 0 unspecified atom stereocenters. The second kappa shape index (κ2) is 8.83. The minimum Gasteiger partial charge on any atom is -0.481 e. The first-order valence-corrected chi connectivity index (χ1v) is 8.53. The minimum absolute atomic E-state index is 0.0331. The minimum atomic E-state index is -0.727. The Labute approximate surface area is 167 Å². The van der Waals surface area contributed by atoms with Crippen molar-refractivity contribution >= 4 is 11.8 Å². The van der Waals surface area contributed by atoms with Gasteiger partial charge >= 0.3 is 12.0 Å². The molecule has 2 aromatic carbocycles. The van der Waals surface area contributed by atoms with Crippen LogP contribution in [0.15, 0.2) is 54.6 Å². The third-order valence-corrected chi connectivity index (χ3v) is 3.97. The number of nitrogens with zero attached hydrogens (tertiary/aromatic N) is 2. The van der Waals surface area contributed by atoms with E-state index in [0.717, 1.165) is 0 Å². The molecular formula is C21H18N2O6. The monoisotopic (exact) mass is 394 g/mol. The van der Waals surface area contributed by atoms with Crippen LogP contribution in [0.3, 0.4) is 0 Å². The summed E-state index contributed by atoms with van der Waals surface area (Å²) >= 11 is 0. The second-order valence-corrected chi connectivity index (χ2v) is 5.70. The Balaban J connectivity index is 2.08. The molecule has 1 aromatic heterocycles. The second-order valence-electron chi connectivity index (χ2n) is 5.70. The van der Waals surface area contributed by atoms with E-state index in [1.54, 1.807) is 36.4 Å². The van der Waals surface area contributed by atoms with Gasteiger partial charge in [0.15, 0.2) is 5.78 Å². The molecule has 0 aliphatic rings. The van der Waals surface area contributed by atoms with Gasteiger partial charge in [-0.2, -0.15) is 9.97 Å². The summed E-state index contributed by atoms with van der Waals surface area (Å²) in [6.07, 6.45) is 0. The van der Waals surface area contributed by atoms with Gasteiger partial charge in [-0.15, -0.1) is 0 Å². The zero-order valence-electron chi connectivity index (χ0n) is 16.0. The summed E-state index contributed by atoms with van der Waals surface area (Å²) in [5.41, 5.74) is 0.527. The van der Waals surface area contributed by atoms with Crippen LogP contribution in [0, 0.1) is 0 Å². The molecule has 0 aliphatic heterocycles. The van der Waals surface area contributed by atoms with Crippen LogP contribution in [-0.2, 0) is 4.74 Å². The van der Waals surface area contributed by atoms with Gasteiger partial charge in [-0.3, -0.25) is 4.79 Å². The molecule has 0 N–H and O–H groups in total. The Morgan fingerprint density at radius 3 is 2.07 bits per heavy atom. The van der Waals surface area contributed by atoms with Gasteiger partial charge in [-0.1, -0.05) is 36.4 Å². The van der Waals surface area contributed by atoms with Gasteiger partial charge in [0.05, 0.1) is 27.4 Å². The van der Waals surface area contributed by atoms with E-state index in [1.165, 1.54) is 39.5 Å². The maximum atomic E-state index is 13.0. The standard InChI is InChI=1S/C21H18N2O6/c1-26-16-12-17(27-2)23-21(22-16)29-15-11-7-10-14(18(15)20(25)28-3)19(24)13-8-5-4-6-9-13/h4-12H,1-3H3. The van der Waals surface area contributed by atoms with Gasteiger partial charge in [0.25, 0.3) is 0 Å². The molecule has 0 radical (unpaired) electrons. The number of ether oxygens (including phenoxy) is 4. The SMILES string of the molecule is COC(=O)c1c(Oc2nc(OC)cc(OC)n2)cccc1C(=O)c1ccccc1. The van der Waals surface area contributed by atoms with E-state index in [4.69, 9.17) is 18.9 Å². The van der Waals surface area contributed by atoms with Crippen LogP contribution in [0.5, 0.6) is 23.5 Å². The molecule has 0 bridgehead atoms. The lowest BCUT2D eigenvalue weighted by Gasteiger charge is -2.13. The fourth-order valence-electron chi connectivity index (χ4n) is 2.60. The van der Waals surface area contributed by atoms with E-state index in [0.29, 0.717) is 5.56 Å². The Bertz CT molecular complexity index is 1010. The number of esters is 1. The lowest BCUT2D eigenvalue weighted by Crippen LogP contribution is -2.13. The highest BCUT2D eigenvalue weighted by Gasteiger charge is 2.24. The van der Waals surface area contributed by atoms with Crippen molar-refractivity contribution in [1.82, 2.24) is 9.97 Å². The van der Waals surface area contributed by atoms with Gasteiger partial charge < -0.3 is 18.9 Å². The predicted molar refractivity (Wildman–Crippen MR) is 103 cm³/mol. The average molecular weight is 394 g/mol. The van der Waals surface area contributed by atoms with Gasteiger partial charge in [0.2, 0.25) is 11.8 Å². The van der Waals surface area contributed by atoms with Crippen LogP contribution >= 0.6 is 0 Å². The molecule has 0 saturated heterocycles. The number of hydrogen-bond donors (Lipinski definition) is 0. The summed E-state index contributed by atoms with van der Waals surface area (Å²) in [7, 11) is 4.09. The summed E-state index contributed by atoms with van der Waals surface area (Å²) < 4.78 is 20.8. The molecule has 0 atom stereocenters. The van der Waals surface area contributed by atoms with Crippen LogP contribution in [0.1, 0.15) is 26.3 Å². The van der Waals surface area contributed by atoms with Gasteiger partial charge in [0.1, 0.15) is 11.3 Å². The number of carbonyl (C=O) groups is 2. The summed E-state index contributed by atoms with van der Waals surface area (Å²) in [5, 5.41) is 0. The molecule has 29 heavy (non-hydrogen) atoms. The first kappa shape index (κ1) is 19.8. The average Bonchev–Trinajstić information content (AvgIpc) is 2.78. The first-order valence-electron chi connectivity index (χ1n) is 8.53. The van der Waals surface area contributed by atoms with Crippen LogP contribution in [-0.4, -0.2) is 43.0 Å². The summed E-state index contributed by atoms with van der Waals surface area (Å²) in [5.74, 6) is -0.588. The predicted octanol–water partition coefficient (Wildman–Crippen LogP) is 3.30. The number of aromatic nitrogens is 2. The normalized spacial score (nSPS) is 10.2. The Morgan fingerprint density at radius 2 is 1.48 bits per heavy atom. The fraction of sp³-hybridized carbons (Fsp3) is 0.143. The molecule has 3 rings (SSSR count). The highest BCUT2D eigenvalue weighted by molar-refractivity contribution is 6.15. The molecule has 8 nitrogen and oxygen atoms in total. The maximum absolute atomic E-state index is 13.0. The fourth-order valence-corrected chi connectivity index (χ4v) is 2.60. The van der Waals surface area contributed by atoms with Crippen molar-refractivity contribution in [3.05, 3.63) is 71.3 Å². The van der Waals surface area contributed by atoms with Crippen molar-refractivity contribution in [3.63, 3.8) is 0 Å². The van der Waals surface area contributed by atoms with Gasteiger partial charge in [0, 0.05) is 11.1 Å². The Hall–Kier alpha value is -3.94. The molecule has 148 valence electrons. The van der Waals surface area contributed by atoms with E-state index in [2.05, 4.69) is 9.97 Å². The molecule has 1 heterocycles. The molecule has 8 heteroatoms. The number of ketones is 1. The van der Waals surface area contributed by atoms with Crippen LogP contribution in [0.2, 0.25) is 0 Å². The summed E-state index contributed by atoms with van der Waals surface area (Å²) in [6.45, 7) is 0. The van der Waals surface area contributed by atoms with Crippen molar-refractivity contribution in [2.75, 3.05) is 21.3 Å². The van der Waals surface area contributed by atoms with Crippen molar-refractivity contribution in [1.29, 1.82) is 0 Å². The highest BCUT2D eigenvalue weighted by atomic mass is 16.5. The van der Waals surface area contributed by atoms with Crippen molar-refractivity contribution in [3.8, 4) is 23.5 Å². The smallest absolute Gasteiger partial charge is 0.342 e. The number of hydrogen-bond acceptors (Lipinski definition) is 8. The summed E-state index contributed by atoms with van der Waals surface area (Å²) in [6, 6.07) is 14.6. The zero-order chi connectivity index (χ0) is 20.8. The lowest BCUT2D eigenvalue weighted by molar-refractivity contribution is 0.0594. The topological polar surface area (TPSA) is 96.8 Å². The van der Waals surface area contributed by atoms with Crippen LogP contribution < -0.4 is 14.2 Å². The van der Waals surface area contributed by atoms with Crippen LogP contribution in [0.25, 0.3) is 0 Å². The third kappa shape index (κ3) is 4.32. The number of methoxy groups -OCH3 is 3. The van der Waals surface area contributed by atoms with E-state index in [1.807, 2.05) is 0 Å². The van der Waals surface area contributed by atoms with Crippen molar-refractivity contribution in [2.24, 2.45) is 0 Å². The van der Waals surface area contributed by atoms with E-state index in [9.17, 15) is 9.59 Å². The molecule has 0 amide bonds. The maximum Gasteiger partial charge on any atom is 0.342 e. The van der Waals surface area contributed by atoms with E-state index >= 15 is 0 Å². The lowest BCUT2D eigenvalue weighted by atomic mass is 9.97. The number of rotatable bonds is 7. The molecule has 0 saturated carbocycles. The highest BCUT2D eigenvalue weighted by Crippen LogP contribution is 2.30. The number of benzene rings is 2. The Morgan fingerprint density at radius 1 is 0.828 bits per heavy atom. The van der Waals surface area contributed by atoms with E-state index in [-0.39, 0.29) is 40.4 Å². The first-order chi connectivity index (χ1) is 14.1. The third-order valence-electron chi connectivity index (χ3n) is 3.97. The molecule has 3 aromatic rings. The molecule has 0 spiro atoms. The van der Waals surface area contributed by atoms with Crippen molar-refractivity contribution < 1.29 is 28.5 Å². The molecule has 0 fully saturated rings. The van der Waals surface area contributed by atoms with Gasteiger partial charge in [-0.25, -0.2) is 4.79 Å².